The summed E-state index contributed by atoms with van der Waals surface area (Å²) in [6, 6.07) is 0. The fraction of sp³-hybridized carbons (Fsp3) is 0.857. The van der Waals surface area contributed by atoms with Crippen molar-refractivity contribution in [3.8, 4) is 0 Å². The lowest BCUT2D eigenvalue weighted by molar-refractivity contribution is -0.171. The smallest absolute Gasteiger partial charge is 0.155 e. The number of ketones is 1. The molecular formula is C21H32O3. The maximum absolute atomic E-state index is 11.9. The van der Waals surface area contributed by atoms with E-state index < -0.39 is 11.7 Å². The normalized spacial score (nSPS) is 52.1. The molecule has 0 radical (unpaired) electrons. The molecule has 0 bridgehead atoms. The summed E-state index contributed by atoms with van der Waals surface area (Å²) in [6.45, 7) is 6.38. The van der Waals surface area contributed by atoms with Crippen molar-refractivity contribution in [2.45, 2.75) is 83.8 Å². The Hall–Kier alpha value is -0.670. The van der Waals surface area contributed by atoms with Crippen LogP contribution in [0.15, 0.2) is 11.6 Å². The zero-order valence-electron chi connectivity index (χ0n) is 15.3. The average molecular weight is 332 g/mol. The zero-order chi connectivity index (χ0) is 17.3. The third-order valence-electron chi connectivity index (χ3n) is 8.87. The fourth-order valence-electron chi connectivity index (χ4n) is 7.30. The van der Waals surface area contributed by atoms with Crippen molar-refractivity contribution < 1.29 is 15.0 Å². The number of hydrogen-bond acceptors (Lipinski definition) is 3. The molecule has 0 heterocycles. The van der Waals surface area contributed by atoms with E-state index in [1.54, 1.807) is 6.92 Å². The fourth-order valence-corrected chi connectivity index (χ4v) is 7.30. The van der Waals surface area contributed by atoms with Crippen LogP contribution in [0.25, 0.3) is 0 Å². The van der Waals surface area contributed by atoms with Crippen molar-refractivity contribution in [1.82, 2.24) is 0 Å². The van der Waals surface area contributed by atoms with Gasteiger partial charge in [-0.2, -0.15) is 0 Å². The van der Waals surface area contributed by atoms with E-state index in [0.29, 0.717) is 30.0 Å². The first-order valence-corrected chi connectivity index (χ1v) is 9.87. The molecule has 3 heteroatoms. The maximum Gasteiger partial charge on any atom is 0.155 e. The Bertz CT molecular complexity index is 594. The van der Waals surface area contributed by atoms with E-state index in [1.807, 2.05) is 6.08 Å². The minimum absolute atomic E-state index is 0.162. The van der Waals surface area contributed by atoms with Gasteiger partial charge in [-0.3, -0.25) is 4.79 Å². The molecule has 0 aromatic heterocycles. The van der Waals surface area contributed by atoms with Crippen LogP contribution in [-0.4, -0.2) is 27.7 Å². The van der Waals surface area contributed by atoms with Gasteiger partial charge in [-0.25, -0.2) is 0 Å². The number of aliphatic hydroxyl groups is 2. The second-order valence-corrected chi connectivity index (χ2v) is 9.56. The van der Waals surface area contributed by atoms with Crippen molar-refractivity contribution >= 4 is 5.78 Å². The number of fused-ring (bicyclic) bond motifs is 5. The number of rotatable bonds is 1. The van der Waals surface area contributed by atoms with Crippen LogP contribution in [0.2, 0.25) is 0 Å². The van der Waals surface area contributed by atoms with Crippen molar-refractivity contribution in [2.75, 3.05) is 0 Å². The monoisotopic (exact) mass is 332 g/mol. The second-order valence-electron chi connectivity index (χ2n) is 9.56. The van der Waals surface area contributed by atoms with Gasteiger partial charge in [-0.1, -0.05) is 19.4 Å². The Labute approximate surface area is 145 Å². The Morgan fingerprint density at radius 1 is 1.08 bits per heavy atom. The predicted octanol–water partition coefficient (Wildman–Crippen LogP) is 3.63. The van der Waals surface area contributed by atoms with Gasteiger partial charge < -0.3 is 10.2 Å². The Morgan fingerprint density at radius 2 is 1.79 bits per heavy atom. The van der Waals surface area contributed by atoms with Crippen LogP contribution >= 0.6 is 0 Å². The number of carbonyl (C=O) groups excluding carboxylic acids is 1. The molecule has 3 nitrogen and oxygen atoms in total. The number of aliphatic hydroxyl groups excluding tert-OH is 1. The minimum Gasteiger partial charge on any atom is -0.390 e. The lowest BCUT2D eigenvalue weighted by atomic mass is 9.46. The maximum atomic E-state index is 11.9. The van der Waals surface area contributed by atoms with Gasteiger partial charge in [-0.05, 0) is 81.1 Å². The first kappa shape index (κ1) is 16.8. The predicted molar refractivity (Wildman–Crippen MR) is 93.3 cm³/mol. The number of allylic oxidation sites excluding steroid dienone is 1. The Morgan fingerprint density at radius 3 is 2.50 bits per heavy atom. The van der Waals surface area contributed by atoms with E-state index in [9.17, 15) is 15.0 Å². The van der Waals surface area contributed by atoms with Crippen LogP contribution < -0.4 is 0 Å². The summed E-state index contributed by atoms with van der Waals surface area (Å²) in [4.78, 5) is 11.9. The highest BCUT2D eigenvalue weighted by Gasteiger charge is 2.65. The van der Waals surface area contributed by atoms with Crippen molar-refractivity contribution in [1.29, 1.82) is 0 Å². The SMILES string of the molecule is CC(O)[C@@]1(O)CC[C@H]2[C@@H]3CCC4=CC(=O)CC[C@]4(C)[C@H]3CC[C@@]21C. The molecule has 134 valence electrons. The van der Waals surface area contributed by atoms with Gasteiger partial charge in [-0.15, -0.1) is 0 Å². The van der Waals surface area contributed by atoms with Crippen molar-refractivity contribution in [3.63, 3.8) is 0 Å². The summed E-state index contributed by atoms with van der Waals surface area (Å²) in [6.07, 6.45) is 9.07. The molecule has 0 saturated heterocycles. The molecule has 0 aliphatic heterocycles. The summed E-state index contributed by atoms with van der Waals surface area (Å²) in [7, 11) is 0. The van der Waals surface area contributed by atoms with E-state index >= 15 is 0 Å². The molecule has 3 saturated carbocycles. The third-order valence-corrected chi connectivity index (χ3v) is 8.87. The molecule has 4 aliphatic rings. The van der Waals surface area contributed by atoms with Crippen molar-refractivity contribution in [3.05, 3.63) is 11.6 Å². The highest BCUT2D eigenvalue weighted by molar-refractivity contribution is 5.91. The van der Waals surface area contributed by atoms with Gasteiger partial charge in [0.15, 0.2) is 5.78 Å². The van der Waals surface area contributed by atoms with E-state index in [2.05, 4.69) is 13.8 Å². The van der Waals surface area contributed by atoms with Gasteiger partial charge in [0.1, 0.15) is 0 Å². The summed E-state index contributed by atoms with van der Waals surface area (Å²) < 4.78 is 0. The molecule has 4 rings (SSSR count). The van der Waals surface area contributed by atoms with Gasteiger partial charge in [0, 0.05) is 11.8 Å². The van der Waals surface area contributed by atoms with E-state index in [1.165, 1.54) is 5.57 Å². The van der Waals surface area contributed by atoms with E-state index in [-0.39, 0.29) is 10.8 Å². The second kappa shape index (κ2) is 5.17. The summed E-state index contributed by atoms with van der Waals surface area (Å²) in [5, 5.41) is 21.5. The summed E-state index contributed by atoms with van der Waals surface area (Å²) in [5.74, 6) is 2.09. The summed E-state index contributed by atoms with van der Waals surface area (Å²) >= 11 is 0. The molecule has 0 amide bonds. The first-order valence-electron chi connectivity index (χ1n) is 9.87. The largest absolute Gasteiger partial charge is 0.390 e. The van der Waals surface area contributed by atoms with Crippen LogP contribution in [0.3, 0.4) is 0 Å². The Balaban J connectivity index is 1.69. The van der Waals surface area contributed by atoms with Crippen molar-refractivity contribution in [2.24, 2.45) is 28.6 Å². The lowest BCUT2D eigenvalue weighted by Crippen LogP contribution is -2.58. The molecule has 0 aromatic rings. The Kier molecular flexibility index (Phi) is 3.61. The highest BCUT2D eigenvalue weighted by Crippen LogP contribution is 2.67. The van der Waals surface area contributed by atoms with Gasteiger partial charge in [0.2, 0.25) is 0 Å². The van der Waals surface area contributed by atoms with Crippen LogP contribution in [0.4, 0.5) is 0 Å². The number of hydrogen-bond donors (Lipinski definition) is 2. The molecule has 3 fully saturated rings. The molecule has 7 atom stereocenters. The first-order chi connectivity index (χ1) is 11.2. The van der Waals surface area contributed by atoms with Crippen LogP contribution in [-0.2, 0) is 4.79 Å². The highest BCUT2D eigenvalue weighted by atomic mass is 16.3. The zero-order valence-corrected chi connectivity index (χ0v) is 15.3. The molecule has 2 N–H and O–H groups in total. The van der Waals surface area contributed by atoms with Crippen LogP contribution in [0.5, 0.6) is 0 Å². The van der Waals surface area contributed by atoms with Gasteiger partial charge >= 0.3 is 0 Å². The molecule has 0 spiro atoms. The summed E-state index contributed by atoms with van der Waals surface area (Å²) in [5.41, 5.74) is 0.489. The molecular weight excluding hydrogens is 300 g/mol. The molecule has 24 heavy (non-hydrogen) atoms. The standard InChI is InChI=1S/C21H32O3/c1-13(22)21(24)11-8-18-16-5-4-14-12-15(23)6-9-19(14,2)17(16)7-10-20(18,21)3/h12-13,16-18,22,24H,4-11H2,1-3H3/t13?,16-,17+,18+,19+,20+,21+/m1/s1. The van der Waals surface area contributed by atoms with Crippen LogP contribution in [0.1, 0.15) is 72.1 Å². The molecule has 1 unspecified atom stereocenters. The van der Waals surface area contributed by atoms with Gasteiger partial charge in [0.25, 0.3) is 0 Å². The topological polar surface area (TPSA) is 57.5 Å². The third kappa shape index (κ3) is 1.94. The van der Waals surface area contributed by atoms with E-state index in [0.717, 1.165) is 44.9 Å². The van der Waals surface area contributed by atoms with Gasteiger partial charge in [0.05, 0.1) is 11.7 Å². The lowest BCUT2D eigenvalue weighted by Gasteiger charge is -2.59. The number of carbonyl (C=O) groups is 1. The van der Waals surface area contributed by atoms with Crippen LogP contribution in [0, 0.1) is 28.6 Å². The molecule has 4 aliphatic carbocycles. The minimum atomic E-state index is -0.928. The van der Waals surface area contributed by atoms with E-state index in [4.69, 9.17) is 0 Å². The average Bonchev–Trinajstić information content (AvgIpc) is 2.81. The molecule has 0 aromatic carbocycles. The quantitative estimate of drug-likeness (QED) is 0.771.